The third-order valence-electron chi connectivity index (χ3n) is 3.63. The first-order chi connectivity index (χ1) is 9.85. The van der Waals surface area contributed by atoms with Crippen LogP contribution in [-0.2, 0) is 19.1 Å². The van der Waals surface area contributed by atoms with Gasteiger partial charge >= 0.3 is 12.0 Å². The lowest BCUT2D eigenvalue weighted by molar-refractivity contribution is -0.143. The van der Waals surface area contributed by atoms with Crippen LogP contribution in [0.15, 0.2) is 0 Å². The number of hydrogen-bond donors (Lipinski definition) is 3. The molecule has 1 spiro atoms. The van der Waals surface area contributed by atoms with Gasteiger partial charge in [-0.1, -0.05) is 0 Å². The highest BCUT2D eigenvalue weighted by Gasteiger charge is 2.52. The van der Waals surface area contributed by atoms with Crippen LogP contribution >= 0.6 is 0 Å². The summed E-state index contributed by atoms with van der Waals surface area (Å²) in [4.78, 5) is 47.3. The van der Waals surface area contributed by atoms with Crippen LogP contribution in [0.5, 0.6) is 0 Å². The Morgan fingerprint density at radius 3 is 2.57 bits per heavy atom. The standard InChI is InChI=1S/C12H17N3O6/c1-7(16)13-8(9(17)18)6-15-10(19)12(14-11(15)20)2-4-21-5-3-12/h8H,2-6H2,1H3,(H,13,16)(H,14,20)(H,17,18). The Morgan fingerprint density at radius 1 is 1.43 bits per heavy atom. The van der Waals surface area contributed by atoms with E-state index in [0.29, 0.717) is 26.1 Å². The van der Waals surface area contributed by atoms with Gasteiger partial charge in [0.1, 0.15) is 11.6 Å². The molecule has 0 aromatic rings. The highest BCUT2D eigenvalue weighted by atomic mass is 16.5. The Bertz CT molecular complexity index is 485. The molecule has 2 aliphatic heterocycles. The van der Waals surface area contributed by atoms with Gasteiger partial charge in [-0.05, 0) is 0 Å². The van der Waals surface area contributed by atoms with Crippen molar-refractivity contribution in [3.63, 3.8) is 0 Å². The smallest absolute Gasteiger partial charge is 0.328 e. The van der Waals surface area contributed by atoms with Gasteiger partial charge in [-0.2, -0.15) is 0 Å². The lowest BCUT2D eigenvalue weighted by Crippen LogP contribution is -2.52. The lowest BCUT2D eigenvalue weighted by atomic mass is 9.90. The van der Waals surface area contributed by atoms with E-state index in [2.05, 4.69) is 10.6 Å². The molecule has 21 heavy (non-hydrogen) atoms. The fraction of sp³-hybridized carbons (Fsp3) is 0.667. The number of carboxylic acid groups (broad SMARTS) is 1. The van der Waals surface area contributed by atoms with Gasteiger partial charge in [-0.15, -0.1) is 0 Å². The van der Waals surface area contributed by atoms with E-state index >= 15 is 0 Å². The number of amides is 4. The van der Waals surface area contributed by atoms with Crippen molar-refractivity contribution in [2.24, 2.45) is 0 Å². The van der Waals surface area contributed by atoms with Crippen LogP contribution in [0.1, 0.15) is 19.8 Å². The fourth-order valence-corrected chi connectivity index (χ4v) is 2.51. The van der Waals surface area contributed by atoms with Crippen molar-refractivity contribution in [2.45, 2.75) is 31.3 Å². The highest BCUT2D eigenvalue weighted by Crippen LogP contribution is 2.28. The molecule has 0 bridgehead atoms. The molecule has 0 saturated carbocycles. The van der Waals surface area contributed by atoms with E-state index < -0.39 is 41.9 Å². The Hall–Kier alpha value is -2.16. The van der Waals surface area contributed by atoms with Crippen LogP contribution in [0.25, 0.3) is 0 Å². The second kappa shape index (κ2) is 5.68. The van der Waals surface area contributed by atoms with E-state index in [1.54, 1.807) is 0 Å². The van der Waals surface area contributed by atoms with E-state index in [-0.39, 0.29) is 0 Å². The molecular weight excluding hydrogens is 282 g/mol. The van der Waals surface area contributed by atoms with Gasteiger partial charge in [0.05, 0.1) is 6.54 Å². The predicted molar refractivity (Wildman–Crippen MR) is 68.3 cm³/mol. The van der Waals surface area contributed by atoms with Gasteiger partial charge in [0, 0.05) is 33.0 Å². The van der Waals surface area contributed by atoms with E-state index in [9.17, 15) is 19.2 Å². The maximum atomic E-state index is 12.4. The van der Waals surface area contributed by atoms with Crippen molar-refractivity contribution in [3.8, 4) is 0 Å². The van der Waals surface area contributed by atoms with Crippen LogP contribution in [0.3, 0.4) is 0 Å². The number of nitrogens with zero attached hydrogens (tertiary/aromatic N) is 1. The number of aliphatic carboxylic acids is 1. The minimum absolute atomic E-state index is 0.353. The van der Waals surface area contributed by atoms with Crippen molar-refractivity contribution < 1.29 is 29.0 Å². The Balaban J connectivity index is 2.12. The monoisotopic (exact) mass is 299 g/mol. The number of nitrogens with one attached hydrogen (secondary N) is 2. The van der Waals surface area contributed by atoms with Gasteiger partial charge in [0.25, 0.3) is 5.91 Å². The molecule has 2 saturated heterocycles. The molecule has 2 rings (SSSR count). The normalized spacial score (nSPS) is 22.0. The van der Waals surface area contributed by atoms with Crippen molar-refractivity contribution in [2.75, 3.05) is 19.8 Å². The Labute approximate surface area is 120 Å². The number of imide groups is 1. The summed E-state index contributed by atoms with van der Waals surface area (Å²) < 4.78 is 5.17. The minimum Gasteiger partial charge on any atom is -0.480 e. The quantitative estimate of drug-likeness (QED) is 0.553. The summed E-state index contributed by atoms with van der Waals surface area (Å²) >= 11 is 0. The number of carbonyl (C=O) groups is 4. The van der Waals surface area contributed by atoms with Gasteiger partial charge in [-0.3, -0.25) is 14.5 Å². The largest absolute Gasteiger partial charge is 0.480 e. The molecule has 116 valence electrons. The molecule has 2 fully saturated rings. The van der Waals surface area contributed by atoms with Crippen molar-refractivity contribution in [1.29, 1.82) is 0 Å². The van der Waals surface area contributed by atoms with Crippen LogP contribution in [-0.4, -0.2) is 65.2 Å². The summed E-state index contributed by atoms with van der Waals surface area (Å²) in [7, 11) is 0. The SMILES string of the molecule is CC(=O)NC(CN1C(=O)NC2(CCOCC2)C1=O)C(=O)O. The highest BCUT2D eigenvalue weighted by molar-refractivity contribution is 6.07. The number of carboxylic acids is 1. The first-order valence-corrected chi connectivity index (χ1v) is 6.57. The van der Waals surface area contributed by atoms with Gasteiger partial charge in [-0.25, -0.2) is 9.59 Å². The van der Waals surface area contributed by atoms with Crippen LogP contribution in [0.4, 0.5) is 4.79 Å². The second-order valence-corrected chi connectivity index (χ2v) is 5.13. The average Bonchev–Trinajstić information content (AvgIpc) is 2.62. The summed E-state index contributed by atoms with van der Waals surface area (Å²) in [6.07, 6.45) is 0.706. The summed E-state index contributed by atoms with van der Waals surface area (Å²) in [5.41, 5.74) is -1.01. The third kappa shape index (κ3) is 2.97. The predicted octanol–water partition coefficient (Wildman–Crippen LogP) is -1.32. The summed E-state index contributed by atoms with van der Waals surface area (Å²) in [5, 5.41) is 13.9. The summed E-state index contributed by atoms with van der Waals surface area (Å²) in [6.45, 7) is 1.48. The second-order valence-electron chi connectivity index (χ2n) is 5.13. The maximum absolute atomic E-state index is 12.4. The topological polar surface area (TPSA) is 125 Å². The number of ether oxygens (including phenoxy) is 1. The molecule has 1 unspecified atom stereocenters. The van der Waals surface area contributed by atoms with Crippen LogP contribution in [0.2, 0.25) is 0 Å². The molecule has 0 aromatic heterocycles. The molecule has 9 heteroatoms. The fourth-order valence-electron chi connectivity index (χ4n) is 2.51. The van der Waals surface area contributed by atoms with E-state index in [1.165, 1.54) is 6.92 Å². The molecule has 0 aliphatic carbocycles. The van der Waals surface area contributed by atoms with Gasteiger partial charge < -0.3 is 20.5 Å². The minimum atomic E-state index is -1.33. The molecule has 2 aliphatic rings. The van der Waals surface area contributed by atoms with Crippen LogP contribution < -0.4 is 10.6 Å². The maximum Gasteiger partial charge on any atom is 0.328 e. The first kappa shape index (κ1) is 15.2. The Morgan fingerprint density at radius 2 is 2.05 bits per heavy atom. The van der Waals surface area contributed by atoms with Crippen LogP contribution in [0, 0.1) is 0 Å². The number of carbonyl (C=O) groups excluding carboxylic acids is 3. The number of hydrogen-bond acceptors (Lipinski definition) is 5. The third-order valence-corrected chi connectivity index (χ3v) is 3.63. The number of urea groups is 1. The molecule has 0 radical (unpaired) electrons. The first-order valence-electron chi connectivity index (χ1n) is 6.57. The van der Waals surface area contributed by atoms with E-state index in [1.807, 2.05) is 0 Å². The average molecular weight is 299 g/mol. The van der Waals surface area contributed by atoms with E-state index in [4.69, 9.17) is 9.84 Å². The zero-order valence-electron chi connectivity index (χ0n) is 11.5. The van der Waals surface area contributed by atoms with Gasteiger partial charge in [0.15, 0.2) is 0 Å². The van der Waals surface area contributed by atoms with Crippen molar-refractivity contribution in [3.05, 3.63) is 0 Å². The molecule has 4 amide bonds. The Kier molecular flexibility index (Phi) is 4.12. The molecule has 2 heterocycles. The molecular formula is C12H17N3O6. The summed E-state index contributed by atoms with van der Waals surface area (Å²) in [6, 6.07) is -1.97. The van der Waals surface area contributed by atoms with E-state index in [0.717, 1.165) is 4.90 Å². The van der Waals surface area contributed by atoms with Crippen molar-refractivity contribution in [1.82, 2.24) is 15.5 Å². The van der Waals surface area contributed by atoms with Crippen molar-refractivity contribution >= 4 is 23.8 Å². The zero-order chi connectivity index (χ0) is 15.6. The molecule has 9 nitrogen and oxygen atoms in total. The number of rotatable bonds is 4. The summed E-state index contributed by atoms with van der Waals surface area (Å²) in [5.74, 6) is -2.32. The zero-order valence-corrected chi connectivity index (χ0v) is 11.5. The molecule has 1 atom stereocenters. The molecule has 3 N–H and O–H groups in total. The lowest BCUT2D eigenvalue weighted by Gasteiger charge is -2.30. The molecule has 0 aromatic carbocycles. The van der Waals surface area contributed by atoms with Gasteiger partial charge in [0.2, 0.25) is 5.91 Å².